The SMILES string of the molecule is COc1cccc(CC(Br)c2cccc(Cl)c2F)c1. The molecule has 2 aromatic carbocycles. The van der Waals surface area contributed by atoms with Crippen molar-refractivity contribution in [2.24, 2.45) is 0 Å². The molecule has 0 saturated heterocycles. The first-order chi connectivity index (χ1) is 9.11. The van der Waals surface area contributed by atoms with Crippen molar-refractivity contribution in [2.75, 3.05) is 7.11 Å². The minimum Gasteiger partial charge on any atom is -0.497 e. The monoisotopic (exact) mass is 342 g/mol. The van der Waals surface area contributed by atoms with E-state index in [2.05, 4.69) is 15.9 Å². The molecule has 0 fully saturated rings. The largest absolute Gasteiger partial charge is 0.497 e. The fourth-order valence-corrected chi connectivity index (χ4v) is 2.79. The van der Waals surface area contributed by atoms with E-state index in [4.69, 9.17) is 16.3 Å². The van der Waals surface area contributed by atoms with Crippen LogP contribution in [-0.4, -0.2) is 7.11 Å². The molecule has 0 aromatic heterocycles. The van der Waals surface area contributed by atoms with Gasteiger partial charge in [-0.3, -0.25) is 0 Å². The lowest BCUT2D eigenvalue weighted by Gasteiger charge is -2.12. The van der Waals surface area contributed by atoms with Crippen LogP contribution in [0, 0.1) is 5.82 Å². The highest BCUT2D eigenvalue weighted by molar-refractivity contribution is 9.09. The van der Waals surface area contributed by atoms with Crippen molar-refractivity contribution in [3.63, 3.8) is 0 Å². The van der Waals surface area contributed by atoms with E-state index in [-0.39, 0.29) is 15.7 Å². The number of rotatable bonds is 4. The zero-order valence-electron chi connectivity index (χ0n) is 10.4. The molecule has 0 spiro atoms. The second kappa shape index (κ2) is 6.40. The van der Waals surface area contributed by atoms with E-state index in [1.165, 1.54) is 0 Å². The van der Waals surface area contributed by atoms with Crippen molar-refractivity contribution >= 4 is 27.5 Å². The molecule has 0 amide bonds. The molecule has 19 heavy (non-hydrogen) atoms. The Labute approximate surface area is 125 Å². The van der Waals surface area contributed by atoms with Gasteiger partial charge < -0.3 is 4.74 Å². The third-order valence-corrected chi connectivity index (χ3v) is 3.98. The predicted molar refractivity (Wildman–Crippen MR) is 79.8 cm³/mol. The van der Waals surface area contributed by atoms with Gasteiger partial charge in [-0.2, -0.15) is 0 Å². The van der Waals surface area contributed by atoms with E-state index in [0.29, 0.717) is 12.0 Å². The van der Waals surface area contributed by atoms with Crippen molar-refractivity contribution in [1.29, 1.82) is 0 Å². The maximum atomic E-state index is 13.9. The number of hydrogen-bond acceptors (Lipinski definition) is 1. The average molecular weight is 344 g/mol. The molecule has 1 atom stereocenters. The van der Waals surface area contributed by atoms with Gasteiger partial charge in [0.25, 0.3) is 0 Å². The second-order valence-corrected chi connectivity index (χ2v) is 5.68. The first kappa shape index (κ1) is 14.4. The minimum atomic E-state index is -0.367. The van der Waals surface area contributed by atoms with E-state index in [9.17, 15) is 4.39 Å². The predicted octanol–water partition coefficient (Wildman–Crippen LogP) is 5.17. The molecule has 4 heteroatoms. The van der Waals surface area contributed by atoms with Gasteiger partial charge in [0.2, 0.25) is 0 Å². The molecule has 2 rings (SSSR count). The number of methoxy groups -OCH3 is 1. The Morgan fingerprint density at radius 2 is 2.00 bits per heavy atom. The topological polar surface area (TPSA) is 9.23 Å². The van der Waals surface area contributed by atoms with Crippen LogP contribution in [0.15, 0.2) is 42.5 Å². The molecule has 0 N–H and O–H groups in total. The number of hydrogen-bond donors (Lipinski definition) is 0. The Balaban J connectivity index is 2.20. The maximum absolute atomic E-state index is 13.9. The molecule has 0 aliphatic heterocycles. The normalized spacial score (nSPS) is 12.2. The van der Waals surface area contributed by atoms with Gasteiger partial charge >= 0.3 is 0 Å². The van der Waals surface area contributed by atoms with Gasteiger partial charge in [-0.05, 0) is 30.2 Å². The average Bonchev–Trinajstić information content (AvgIpc) is 2.42. The first-order valence-electron chi connectivity index (χ1n) is 5.82. The Kier molecular flexibility index (Phi) is 4.83. The van der Waals surface area contributed by atoms with E-state index in [1.54, 1.807) is 25.3 Å². The summed E-state index contributed by atoms with van der Waals surface area (Å²) < 4.78 is 19.1. The van der Waals surface area contributed by atoms with Gasteiger partial charge in [-0.1, -0.05) is 51.8 Å². The van der Waals surface area contributed by atoms with Crippen molar-refractivity contribution in [1.82, 2.24) is 0 Å². The number of ether oxygens (including phenoxy) is 1. The molecule has 0 aliphatic rings. The van der Waals surface area contributed by atoms with E-state index < -0.39 is 0 Å². The van der Waals surface area contributed by atoms with Crippen molar-refractivity contribution in [3.05, 3.63) is 64.4 Å². The standard InChI is InChI=1S/C15H13BrClFO/c1-19-11-5-2-4-10(8-11)9-13(16)12-6-3-7-14(17)15(12)18/h2-8,13H,9H2,1H3. The number of halogens is 3. The molecule has 0 saturated carbocycles. The molecule has 1 nitrogen and oxygen atoms in total. The fraction of sp³-hybridized carbons (Fsp3) is 0.200. The molecule has 1 unspecified atom stereocenters. The fourth-order valence-electron chi connectivity index (χ4n) is 1.88. The van der Waals surface area contributed by atoms with Crippen LogP contribution < -0.4 is 4.74 Å². The lowest BCUT2D eigenvalue weighted by Crippen LogP contribution is -1.99. The van der Waals surface area contributed by atoms with Crippen LogP contribution in [0.4, 0.5) is 4.39 Å². The highest BCUT2D eigenvalue weighted by Crippen LogP contribution is 2.32. The van der Waals surface area contributed by atoms with E-state index >= 15 is 0 Å². The Morgan fingerprint density at radius 3 is 2.74 bits per heavy atom. The summed E-state index contributed by atoms with van der Waals surface area (Å²) in [5, 5.41) is 0.146. The minimum absolute atomic E-state index is 0.127. The number of benzene rings is 2. The van der Waals surface area contributed by atoms with Crippen LogP contribution in [-0.2, 0) is 6.42 Å². The molecule has 0 heterocycles. The van der Waals surface area contributed by atoms with Gasteiger partial charge in [0.15, 0.2) is 0 Å². The van der Waals surface area contributed by atoms with Crippen LogP contribution >= 0.6 is 27.5 Å². The molecule has 0 bridgehead atoms. The summed E-state index contributed by atoms with van der Waals surface area (Å²) in [7, 11) is 1.63. The van der Waals surface area contributed by atoms with Crippen molar-refractivity contribution < 1.29 is 9.13 Å². The quantitative estimate of drug-likeness (QED) is 0.696. The molecule has 2 aromatic rings. The number of alkyl halides is 1. The van der Waals surface area contributed by atoms with Crippen molar-refractivity contribution in [3.8, 4) is 5.75 Å². The van der Waals surface area contributed by atoms with E-state index in [0.717, 1.165) is 11.3 Å². The van der Waals surface area contributed by atoms with Gasteiger partial charge in [-0.25, -0.2) is 4.39 Å². The summed E-state index contributed by atoms with van der Waals surface area (Å²) in [6.45, 7) is 0. The summed E-state index contributed by atoms with van der Waals surface area (Å²) in [6.07, 6.45) is 0.661. The highest BCUT2D eigenvalue weighted by Gasteiger charge is 2.15. The summed E-state index contributed by atoms with van der Waals surface area (Å²) in [5.41, 5.74) is 1.64. The van der Waals surface area contributed by atoms with E-state index in [1.807, 2.05) is 24.3 Å². The van der Waals surface area contributed by atoms with Crippen LogP contribution in [0.5, 0.6) is 5.75 Å². The van der Waals surface area contributed by atoms with Gasteiger partial charge in [0.05, 0.1) is 12.1 Å². The van der Waals surface area contributed by atoms with Gasteiger partial charge in [-0.15, -0.1) is 0 Å². The van der Waals surface area contributed by atoms with Gasteiger partial charge in [0.1, 0.15) is 11.6 Å². The summed E-state index contributed by atoms with van der Waals surface area (Å²) in [5.74, 6) is 0.428. The molecule has 100 valence electrons. The first-order valence-corrected chi connectivity index (χ1v) is 7.12. The summed E-state index contributed by atoms with van der Waals surface area (Å²) in [4.78, 5) is -0.127. The summed E-state index contributed by atoms with van der Waals surface area (Å²) in [6, 6.07) is 12.8. The van der Waals surface area contributed by atoms with Crippen molar-refractivity contribution in [2.45, 2.75) is 11.2 Å². The van der Waals surface area contributed by atoms with Gasteiger partial charge in [0, 0.05) is 10.4 Å². The highest BCUT2D eigenvalue weighted by atomic mass is 79.9. The van der Waals surface area contributed by atoms with Crippen LogP contribution in [0.2, 0.25) is 5.02 Å². The molecule has 0 aliphatic carbocycles. The Hall–Kier alpha value is -1.06. The lowest BCUT2D eigenvalue weighted by atomic mass is 10.0. The summed E-state index contributed by atoms with van der Waals surface area (Å²) >= 11 is 9.31. The Morgan fingerprint density at radius 1 is 1.26 bits per heavy atom. The molecular formula is C15H13BrClFO. The lowest BCUT2D eigenvalue weighted by molar-refractivity contribution is 0.414. The zero-order chi connectivity index (χ0) is 13.8. The smallest absolute Gasteiger partial charge is 0.146 e. The maximum Gasteiger partial charge on any atom is 0.146 e. The molecular weight excluding hydrogens is 331 g/mol. The van der Waals surface area contributed by atoms with Crippen LogP contribution in [0.3, 0.4) is 0 Å². The third kappa shape index (κ3) is 3.48. The zero-order valence-corrected chi connectivity index (χ0v) is 12.7. The van der Waals surface area contributed by atoms with Crippen LogP contribution in [0.25, 0.3) is 0 Å². The second-order valence-electron chi connectivity index (χ2n) is 4.17. The third-order valence-electron chi connectivity index (χ3n) is 2.87. The van der Waals surface area contributed by atoms with Crippen LogP contribution in [0.1, 0.15) is 16.0 Å². The Bertz CT molecular complexity index is 574. The molecule has 0 radical (unpaired) electrons.